The number of hydrogen-bond acceptors (Lipinski definition) is 1. The molecule has 20 heavy (non-hydrogen) atoms. The van der Waals surface area contributed by atoms with Crippen molar-refractivity contribution in [1.82, 2.24) is 0 Å². The number of aliphatic hydroxyl groups excluding tert-OH is 1. The molecule has 1 unspecified atom stereocenters. The number of rotatable bonds is 14. The van der Waals surface area contributed by atoms with E-state index in [1.165, 1.54) is 70.8 Å². The molecule has 0 aromatic heterocycles. The molecule has 0 fully saturated rings. The summed E-state index contributed by atoms with van der Waals surface area (Å²) in [5.41, 5.74) is 0. The molecule has 2 nitrogen and oxygen atoms in total. The van der Waals surface area contributed by atoms with Crippen LogP contribution in [0.25, 0.3) is 0 Å². The highest BCUT2D eigenvalue weighted by Gasteiger charge is 2.18. The number of likely N-dealkylation sites (N-methyl/N-ethyl adjacent to an activating group) is 1. The number of halogens is 1. The number of unbranched alkanes of at least 4 members (excludes halogenated alkanes) is 9. The second-order valence-corrected chi connectivity index (χ2v) is 7.71. The Morgan fingerprint density at radius 1 is 0.850 bits per heavy atom. The summed E-state index contributed by atoms with van der Waals surface area (Å²) >= 11 is 2.27. The molecule has 0 saturated carbocycles. The third kappa shape index (κ3) is 13.6. The van der Waals surface area contributed by atoms with Crippen molar-refractivity contribution >= 4 is 22.6 Å². The van der Waals surface area contributed by atoms with E-state index in [1.807, 2.05) is 0 Å². The van der Waals surface area contributed by atoms with Crippen LogP contribution < -0.4 is 0 Å². The molecular weight excluding hydrogens is 361 g/mol. The van der Waals surface area contributed by atoms with E-state index in [0.29, 0.717) is 0 Å². The summed E-state index contributed by atoms with van der Waals surface area (Å²) in [4.78, 5) is 0. The van der Waals surface area contributed by atoms with Crippen LogP contribution in [0.15, 0.2) is 0 Å². The smallest absolute Gasteiger partial charge is 0.112 e. The average molecular weight is 398 g/mol. The highest BCUT2D eigenvalue weighted by molar-refractivity contribution is 14.1. The van der Waals surface area contributed by atoms with Gasteiger partial charge in [0.1, 0.15) is 12.6 Å². The van der Waals surface area contributed by atoms with Gasteiger partial charge in [-0.15, -0.1) is 0 Å². The lowest BCUT2D eigenvalue weighted by Crippen LogP contribution is -2.46. The summed E-state index contributed by atoms with van der Waals surface area (Å²) in [6, 6.07) is 0. The van der Waals surface area contributed by atoms with Gasteiger partial charge in [-0.2, -0.15) is 0 Å². The standard InChI is InChI=1S/C17H37INO/c1-4-5-6-7-8-9-10-11-12-13-14-19(2,3)16-17(20)15-18/h17,20H,4-16H2,1-3H3/q+1. The molecule has 1 atom stereocenters. The van der Waals surface area contributed by atoms with Crippen LogP contribution in [0, 0.1) is 0 Å². The predicted octanol–water partition coefficient (Wildman–Crippen LogP) is 4.78. The molecule has 0 heterocycles. The maximum atomic E-state index is 9.73. The molecule has 0 aliphatic carbocycles. The number of nitrogens with zero attached hydrogens (tertiary/aromatic N) is 1. The first kappa shape index (κ1) is 20.6. The van der Waals surface area contributed by atoms with E-state index in [-0.39, 0.29) is 6.10 Å². The molecule has 0 saturated heterocycles. The molecule has 0 aliphatic heterocycles. The van der Waals surface area contributed by atoms with Crippen molar-refractivity contribution in [2.24, 2.45) is 0 Å². The number of hydrogen-bond donors (Lipinski definition) is 1. The molecule has 0 aliphatic rings. The molecule has 3 heteroatoms. The van der Waals surface area contributed by atoms with Crippen LogP contribution in [0.1, 0.15) is 71.1 Å². The zero-order valence-corrected chi connectivity index (χ0v) is 16.2. The van der Waals surface area contributed by atoms with Gasteiger partial charge >= 0.3 is 0 Å². The van der Waals surface area contributed by atoms with Gasteiger partial charge in [-0.05, 0) is 12.8 Å². The fourth-order valence-electron chi connectivity index (χ4n) is 2.74. The lowest BCUT2D eigenvalue weighted by molar-refractivity contribution is -0.893. The Hall–Kier alpha value is 0.650. The molecule has 0 amide bonds. The summed E-state index contributed by atoms with van der Waals surface area (Å²) in [5.74, 6) is 0. The fraction of sp³-hybridized carbons (Fsp3) is 1.00. The molecular formula is C17H37INO+. The topological polar surface area (TPSA) is 20.2 Å². The van der Waals surface area contributed by atoms with E-state index in [9.17, 15) is 5.11 Å². The highest BCUT2D eigenvalue weighted by atomic mass is 127. The summed E-state index contributed by atoms with van der Waals surface area (Å²) in [6.07, 6.45) is 13.8. The molecule has 0 radical (unpaired) electrons. The van der Waals surface area contributed by atoms with E-state index in [4.69, 9.17) is 0 Å². The van der Waals surface area contributed by atoms with E-state index in [1.54, 1.807) is 0 Å². The average Bonchev–Trinajstić information content (AvgIpc) is 2.40. The Labute approximate surface area is 141 Å². The van der Waals surface area contributed by atoms with Crippen molar-refractivity contribution in [1.29, 1.82) is 0 Å². The first-order valence-corrected chi connectivity index (χ1v) is 10.1. The molecule has 0 aromatic rings. The molecule has 122 valence electrons. The van der Waals surface area contributed by atoms with Crippen molar-refractivity contribution in [3.05, 3.63) is 0 Å². The van der Waals surface area contributed by atoms with Crippen LogP contribution in [0.5, 0.6) is 0 Å². The lowest BCUT2D eigenvalue weighted by atomic mass is 10.1. The number of quaternary nitrogens is 1. The van der Waals surface area contributed by atoms with Crippen molar-refractivity contribution < 1.29 is 9.59 Å². The van der Waals surface area contributed by atoms with Gasteiger partial charge in [-0.25, -0.2) is 0 Å². The SMILES string of the molecule is CCCCCCCCCCCC[N+](C)(C)CC(O)CI. The van der Waals surface area contributed by atoms with E-state index < -0.39 is 0 Å². The maximum absolute atomic E-state index is 9.73. The van der Waals surface area contributed by atoms with Gasteiger partial charge in [0, 0.05) is 4.43 Å². The Morgan fingerprint density at radius 2 is 1.30 bits per heavy atom. The van der Waals surface area contributed by atoms with Crippen LogP contribution in [-0.2, 0) is 0 Å². The maximum Gasteiger partial charge on any atom is 0.112 e. The minimum absolute atomic E-state index is 0.145. The van der Waals surface area contributed by atoms with Crippen molar-refractivity contribution in [3.8, 4) is 0 Å². The third-order valence-electron chi connectivity index (χ3n) is 4.00. The fourth-order valence-corrected chi connectivity index (χ4v) is 3.02. The van der Waals surface area contributed by atoms with Gasteiger partial charge < -0.3 is 9.59 Å². The van der Waals surface area contributed by atoms with E-state index in [0.717, 1.165) is 15.5 Å². The van der Waals surface area contributed by atoms with Crippen LogP contribution in [-0.4, -0.2) is 47.3 Å². The molecule has 0 bridgehead atoms. The van der Waals surface area contributed by atoms with Crippen molar-refractivity contribution in [2.75, 3.05) is 31.6 Å². The second kappa shape index (κ2) is 13.3. The summed E-state index contributed by atoms with van der Waals surface area (Å²) in [7, 11) is 4.48. The monoisotopic (exact) mass is 398 g/mol. The van der Waals surface area contributed by atoms with Crippen molar-refractivity contribution in [3.63, 3.8) is 0 Å². The Balaban J connectivity index is 3.34. The van der Waals surface area contributed by atoms with Crippen LogP contribution in [0.2, 0.25) is 0 Å². The Kier molecular flexibility index (Phi) is 13.8. The van der Waals surface area contributed by atoms with Gasteiger partial charge in [0.2, 0.25) is 0 Å². The number of aliphatic hydroxyl groups is 1. The Bertz CT molecular complexity index is 209. The van der Waals surface area contributed by atoms with Crippen LogP contribution in [0.3, 0.4) is 0 Å². The number of alkyl halides is 1. The largest absolute Gasteiger partial charge is 0.386 e. The van der Waals surface area contributed by atoms with Crippen LogP contribution in [0.4, 0.5) is 0 Å². The van der Waals surface area contributed by atoms with Gasteiger partial charge in [-0.3, -0.25) is 0 Å². The Morgan fingerprint density at radius 3 is 1.75 bits per heavy atom. The lowest BCUT2D eigenvalue weighted by Gasteiger charge is -2.31. The molecule has 0 spiro atoms. The minimum Gasteiger partial charge on any atom is -0.386 e. The third-order valence-corrected chi connectivity index (χ3v) is 5.02. The summed E-state index contributed by atoms with van der Waals surface area (Å²) < 4.78 is 1.80. The summed E-state index contributed by atoms with van der Waals surface area (Å²) in [5, 5.41) is 9.73. The van der Waals surface area contributed by atoms with Crippen LogP contribution >= 0.6 is 22.6 Å². The van der Waals surface area contributed by atoms with E-state index >= 15 is 0 Å². The minimum atomic E-state index is -0.145. The first-order valence-electron chi connectivity index (χ1n) is 8.58. The molecule has 0 rings (SSSR count). The van der Waals surface area contributed by atoms with Crippen molar-refractivity contribution in [2.45, 2.75) is 77.2 Å². The molecule has 1 N–H and O–H groups in total. The first-order chi connectivity index (χ1) is 9.52. The second-order valence-electron chi connectivity index (χ2n) is 6.83. The highest BCUT2D eigenvalue weighted by Crippen LogP contribution is 2.12. The molecule has 0 aromatic carbocycles. The predicted molar refractivity (Wildman–Crippen MR) is 98.6 cm³/mol. The van der Waals surface area contributed by atoms with Gasteiger partial charge in [0.05, 0.1) is 20.6 Å². The van der Waals surface area contributed by atoms with Gasteiger partial charge in [0.25, 0.3) is 0 Å². The van der Waals surface area contributed by atoms with E-state index in [2.05, 4.69) is 43.6 Å². The zero-order chi connectivity index (χ0) is 15.3. The van der Waals surface area contributed by atoms with Gasteiger partial charge in [-0.1, -0.05) is 80.9 Å². The quantitative estimate of drug-likeness (QED) is 0.193. The van der Waals surface area contributed by atoms with Gasteiger partial charge in [0.15, 0.2) is 0 Å². The summed E-state index contributed by atoms with van der Waals surface area (Å²) in [6.45, 7) is 4.36. The normalized spacial score (nSPS) is 13.7. The zero-order valence-electron chi connectivity index (χ0n) is 14.0.